The molecule has 2 aromatic rings. The normalized spacial score (nSPS) is 17.3. The van der Waals surface area contributed by atoms with Crippen molar-refractivity contribution in [2.45, 2.75) is 37.2 Å². The van der Waals surface area contributed by atoms with Gasteiger partial charge in [-0.25, -0.2) is 8.42 Å². The van der Waals surface area contributed by atoms with Crippen molar-refractivity contribution in [2.24, 2.45) is 5.73 Å². The van der Waals surface area contributed by atoms with Crippen molar-refractivity contribution in [3.63, 3.8) is 0 Å². The third-order valence-corrected chi connectivity index (χ3v) is 6.14. The molecule has 6 nitrogen and oxygen atoms in total. The molecule has 3 rings (SSSR count). The minimum Gasteiger partial charge on any atom is -0.476 e. The van der Waals surface area contributed by atoms with Crippen molar-refractivity contribution >= 4 is 21.6 Å². The fourth-order valence-electron chi connectivity index (χ4n) is 2.81. The number of ether oxygens (including phenoxy) is 1. The lowest BCUT2D eigenvalue weighted by molar-refractivity contribution is -0.124. The van der Waals surface area contributed by atoms with Crippen LogP contribution < -0.4 is 14.8 Å². The number of sulfonamides is 1. The lowest BCUT2D eigenvalue weighted by atomic mass is 9.86. The van der Waals surface area contributed by atoms with Gasteiger partial charge in [0.2, 0.25) is 0 Å². The monoisotopic (exact) mass is 374 g/mol. The van der Waals surface area contributed by atoms with Gasteiger partial charge in [0.25, 0.3) is 15.9 Å². The van der Waals surface area contributed by atoms with E-state index in [0.717, 1.165) is 5.56 Å². The summed E-state index contributed by atoms with van der Waals surface area (Å²) in [6, 6.07) is 13.5. The standard InChI is InChI=1S/C19H22N2O4S/c1-19(2,3)13-9-10-16-15(11-13)21(12-17(25-16)18(20)22)26(23,24)14-7-5-4-6-8-14/h4-11,17H,12H2,1-3H3,(H2,20,22). The molecule has 1 amide bonds. The zero-order valence-corrected chi connectivity index (χ0v) is 15.8. The molecule has 7 heteroatoms. The first-order valence-electron chi connectivity index (χ1n) is 8.29. The van der Waals surface area contributed by atoms with Gasteiger partial charge in [0.15, 0.2) is 6.10 Å². The van der Waals surface area contributed by atoms with Crippen molar-refractivity contribution in [2.75, 3.05) is 10.8 Å². The molecule has 1 aliphatic rings. The first-order chi connectivity index (χ1) is 12.1. The number of carbonyl (C=O) groups is 1. The Bertz CT molecular complexity index is 934. The van der Waals surface area contributed by atoms with Gasteiger partial charge < -0.3 is 10.5 Å². The molecule has 1 heterocycles. The number of nitrogens with zero attached hydrogens (tertiary/aromatic N) is 1. The maximum Gasteiger partial charge on any atom is 0.264 e. The second kappa shape index (κ2) is 6.32. The van der Waals surface area contributed by atoms with Gasteiger partial charge in [-0.3, -0.25) is 9.10 Å². The maximum absolute atomic E-state index is 13.2. The van der Waals surface area contributed by atoms with Crippen LogP contribution in [-0.4, -0.2) is 27.0 Å². The Kier molecular flexibility index (Phi) is 4.44. The highest BCUT2D eigenvalue weighted by Crippen LogP contribution is 2.39. The molecule has 26 heavy (non-hydrogen) atoms. The highest BCUT2D eigenvalue weighted by Gasteiger charge is 2.37. The minimum atomic E-state index is -3.86. The van der Waals surface area contributed by atoms with E-state index < -0.39 is 22.0 Å². The third kappa shape index (κ3) is 3.26. The predicted octanol–water partition coefficient (Wildman–Crippen LogP) is 2.43. The van der Waals surface area contributed by atoms with Crippen LogP contribution in [0.2, 0.25) is 0 Å². The Morgan fingerprint density at radius 2 is 1.81 bits per heavy atom. The number of rotatable bonds is 3. The van der Waals surface area contributed by atoms with Crippen LogP contribution in [0, 0.1) is 0 Å². The summed E-state index contributed by atoms with van der Waals surface area (Å²) < 4.78 is 33.3. The Hall–Kier alpha value is -2.54. The summed E-state index contributed by atoms with van der Waals surface area (Å²) >= 11 is 0. The number of nitrogens with two attached hydrogens (primary N) is 1. The molecule has 0 fully saturated rings. The van der Waals surface area contributed by atoms with Crippen molar-refractivity contribution < 1.29 is 17.9 Å². The van der Waals surface area contributed by atoms with Gasteiger partial charge in [-0.1, -0.05) is 45.0 Å². The van der Waals surface area contributed by atoms with E-state index in [9.17, 15) is 13.2 Å². The fraction of sp³-hybridized carbons (Fsp3) is 0.316. The number of fused-ring (bicyclic) bond motifs is 1. The molecule has 0 spiro atoms. The molecule has 0 saturated carbocycles. The quantitative estimate of drug-likeness (QED) is 0.893. The number of amides is 1. The smallest absolute Gasteiger partial charge is 0.264 e. The Labute approximate surface area is 153 Å². The van der Waals surface area contributed by atoms with E-state index in [1.807, 2.05) is 26.8 Å². The molecular formula is C19H22N2O4S. The Morgan fingerprint density at radius 3 is 2.38 bits per heavy atom. The van der Waals surface area contributed by atoms with E-state index in [-0.39, 0.29) is 16.9 Å². The third-order valence-electron chi connectivity index (χ3n) is 4.34. The summed E-state index contributed by atoms with van der Waals surface area (Å²) in [7, 11) is -3.86. The second-order valence-electron chi connectivity index (χ2n) is 7.29. The molecule has 0 aliphatic carbocycles. The van der Waals surface area contributed by atoms with E-state index in [0.29, 0.717) is 11.4 Å². The summed E-state index contributed by atoms with van der Waals surface area (Å²) in [5.74, 6) is -0.378. The zero-order valence-electron chi connectivity index (χ0n) is 15.0. The van der Waals surface area contributed by atoms with Gasteiger partial charge in [0, 0.05) is 0 Å². The average molecular weight is 374 g/mol. The molecule has 1 atom stereocenters. The van der Waals surface area contributed by atoms with Crippen LogP contribution in [0.25, 0.3) is 0 Å². The Morgan fingerprint density at radius 1 is 1.15 bits per heavy atom. The molecular weight excluding hydrogens is 352 g/mol. The predicted molar refractivity (Wildman–Crippen MR) is 99.7 cm³/mol. The highest BCUT2D eigenvalue weighted by molar-refractivity contribution is 7.92. The van der Waals surface area contributed by atoms with Gasteiger partial charge in [0.1, 0.15) is 5.75 Å². The molecule has 0 bridgehead atoms. The highest BCUT2D eigenvalue weighted by atomic mass is 32.2. The summed E-state index contributed by atoms with van der Waals surface area (Å²) in [6.07, 6.45) is -1.04. The van der Waals surface area contributed by atoms with Crippen LogP contribution in [0.4, 0.5) is 5.69 Å². The SMILES string of the molecule is CC(C)(C)c1ccc2c(c1)N(S(=O)(=O)c1ccccc1)CC(C(N)=O)O2. The van der Waals surface area contributed by atoms with Gasteiger partial charge in [-0.2, -0.15) is 0 Å². The van der Waals surface area contributed by atoms with Gasteiger partial charge in [-0.05, 0) is 35.2 Å². The average Bonchev–Trinajstić information content (AvgIpc) is 2.60. The topological polar surface area (TPSA) is 89.7 Å². The second-order valence-corrected chi connectivity index (χ2v) is 9.15. The van der Waals surface area contributed by atoms with E-state index in [1.54, 1.807) is 30.3 Å². The minimum absolute atomic E-state index is 0.150. The first-order valence-corrected chi connectivity index (χ1v) is 9.73. The summed E-state index contributed by atoms with van der Waals surface area (Å²) in [5, 5.41) is 0. The van der Waals surface area contributed by atoms with Crippen molar-refractivity contribution in [3.8, 4) is 5.75 Å². The van der Waals surface area contributed by atoms with Crippen molar-refractivity contribution in [1.29, 1.82) is 0 Å². The molecule has 2 N–H and O–H groups in total. The number of hydrogen-bond acceptors (Lipinski definition) is 4. The maximum atomic E-state index is 13.2. The summed E-state index contributed by atoms with van der Waals surface area (Å²) in [4.78, 5) is 11.8. The van der Waals surface area contributed by atoms with Crippen molar-refractivity contribution in [3.05, 3.63) is 54.1 Å². The molecule has 1 unspecified atom stereocenters. The van der Waals surface area contributed by atoms with E-state index in [2.05, 4.69) is 0 Å². The first kappa shape index (κ1) is 18.3. The molecule has 0 radical (unpaired) electrons. The van der Waals surface area contributed by atoms with Crippen LogP contribution in [-0.2, 0) is 20.2 Å². The van der Waals surface area contributed by atoms with E-state index >= 15 is 0 Å². The molecule has 0 aromatic heterocycles. The zero-order chi connectivity index (χ0) is 19.1. The number of anilines is 1. The Balaban J connectivity index is 2.17. The van der Waals surface area contributed by atoms with E-state index in [4.69, 9.17) is 10.5 Å². The van der Waals surface area contributed by atoms with Gasteiger partial charge >= 0.3 is 0 Å². The molecule has 138 valence electrons. The van der Waals surface area contributed by atoms with Crippen LogP contribution in [0.5, 0.6) is 5.75 Å². The van der Waals surface area contributed by atoms with Crippen LogP contribution in [0.15, 0.2) is 53.4 Å². The lowest BCUT2D eigenvalue weighted by Crippen LogP contribution is -2.49. The van der Waals surface area contributed by atoms with Crippen LogP contribution >= 0.6 is 0 Å². The van der Waals surface area contributed by atoms with Crippen LogP contribution in [0.1, 0.15) is 26.3 Å². The largest absolute Gasteiger partial charge is 0.476 e. The number of benzene rings is 2. The number of primary amides is 1. The number of carbonyl (C=O) groups excluding carboxylic acids is 1. The lowest BCUT2D eigenvalue weighted by Gasteiger charge is -2.35. The summed E-state index contributed by atoms with van der Waals surface area (Å²) in [5.41, 5.74) is 6.59. The van der Waals surface area contributed by atoms with Gasteiger partial charge in [-0.15, -0.1) is 0 Å². The van der Waals surface area contributed by atoms with Crippen LogP contribution in [0.3, 0.4) is 0 Å². The van der Waals surface area contributed by atoms with Gasteiger partial charge in [0.05, 0.1) is 17.1 Å². The molecule has 2 aromatic carbocycles. The van der Waals surface area contributed by atoms with Crippen molar-refractivity contribution in [1.82, 2.24) is 0 Å². The fourth-order valence-corrected chi connectivity index (χ4v) is 4.30. The summed E-state index contributed by atoms with van der Waals surface area (Å²) in [6.45, 7) is 5.97. The van der Waals surface area contributed by atoms with E-state index in [1.165, 1.54) is 16.4 Å². The number of hydrogen-bond donors (Lipinski definition) is 1. The molecule has 1 aliphatic heterocycles. The molecule has 0 saturated heterocycles.